The summed E-state index contributed by atoms with van der Waals surface area (Å²) in [5.74, 6) is 2.54. The SMILES string of the molecule is C#CC12Cc3cnn(-c4ccc(F)cc4)c3C=C1CCO2. The number of rotatable bonds is 1. The van der Waals surface area contributed by atoms with Crippen molar-refractivity contribution in [2.45, 2.75) is 18.4 Å². The standard InChI is InChI=1S/C17H13FN2O/c1-2-17-10-12-11-19-20(15-5-3-14(18)4-6-15)16(12)9-13(17)7-8-21-17/h1,3-6,9,11H,7-8,10H2. The highest BCUT2D eigenvalue weighted by Gasteiger charge is 2.42. The molecule has 0 saturated carbocycles. The largest absolute Gasteiger partial charge is 0.358 e. The van der Waals surface area contributed by atoms with Gasteiger partial charge in [-0.05, 0) is 42.3 Å². The summed E-state index contributed by atoms with van der Waals surface area (Å²) in [4.78, 5) is 0. The van der Waals surface area contributed by atoms with Gasteiger partial charge >= 0.3 is 0 Å². The van der Waals surface area contributed by atoms with Crippen molar-refractivity contribution >= 4 is 6.08 Å². The third-order valence-corrected chi connectivity index (χ3v) is 4.18. The van der Waals surface area contributed by atoms with Crippen molar-refractivity contribution in [3.8, 4) is 18.0 Å². The van der Waals surface area contributed by atoms with Gasteiger partial charge in [-0.3, -0.25) is 0 Å². The zero-order chi connectivity index (χ0) is 14.4. The van der Waals surface area contributed by atoms with Gasteiger partial charge in [0.1, 0.15) is 5.82 Å². The molecule has 1 aliphatic carbocycles. The van der Waals surface area contributed by atoms with Gasteiger partial charge in [0.2, 0.25) is 0 Å². The fourth-order valence-electron chi connectivity index (χ4n) is 3.07. The van der Waals surface area contributed by atoms with Crippen LogP contribution >= 0.6 is 0 Å². The molecule has 2 heterocycles. The Morgan fingerprint density at radius 2 is 2.14 bits per heavy atom. The van der Waals surface area contributed by atoms with E-state index in [0.29, 0.717) is 13.0 Å². The van der Waals surface area contributed by atoms with Gasteiger partial charge < -0.3 is 4.74 Å². The van der Waals surface area contributed by atoms with E-state index in [1.165, 1.54) is 12.1 Å². The highest BCUT2D eigenvalue weighted by atomic mass is 19.1. The van der Waals surface area contributed by atoms with Gasteiger partial charge in [-0.15, -0.1) is 6.42 Å². The predicted molar refractivity (Wildman–Crippen MR) is 77.3 cm³/mol. The first-order chi connectivity index (χ1) is 10.2. The number of fused-ring (bicyclic) bond motifs is 2. The van der Waals surface area contributed by atoms with Crippen LogP contribution in [-0.2, 0) is 11.2 Å². The lowest BCUT2D eigenvalue weighted by molar-refractivity contribution is 0.0710. The highest BCUT2D eigenvalue weighted by molar-refractivity contribution is 5.64. The molecule has 0 bridgehead atoms. The maximum atomic E-state index is 13.1. The number of nitrogens with zero attached hydrogens (tertiary/aromatic N) is 2. The third kappa shape index (κ3) is 1.75. The fourth-order valence-corrected chi connectivity index (χ4v) is 3.07. The fraction of sp³-hybridized carbons (Fsp3) is 0.235. The minimum atomic E-state index is -0.594. The Hall–Kier alpha value is -2.38. The molecule has 1 atom stereocenters. The molecule has 1 fully saturated rings. The zero-order valence-corrected chi connectivity index (χ0v) is 11.3. The first kappa shape index (κ1) is 12.4. The Kier molecular flexibility index (Phi) is 2.54. The van der Waals surface area contributed by atoms with Crippen LogP contribution < -0.4 is 0 Å². The molecule has 1 unspecified atom stereocenters. The van der Waals surface area contributed by atoms with Gasteiger partial charge in [-0.25, -0.2) is 9.07 Å². The lowest BCUT2D eigenvalue weighted by Crippen LogP contribution is -2.32. The van der Waals surface area contributed by atoms with E-state index in [1.807, 2.05) is 10.9 Å². The summed E-state index contributed by atoms with van der Waals surface area (Å²) in [7, 11) is 0. The molecule has 1 aliphatic heterocycles. The van der Waals surface area contributed by atoms with Crippen LogP contribution in [0.1, 0.15) is 17.7 Å². The molecule has 21 heavy (non-hydrogen) atoms. The summed E-state index contributed by atoms with van der Waals surface area (Å²) in [6, 6.07) is 6.30. The monoisotopic (exact) mass is 280 g/mol. The summed E-state index contributed by atoms with van der Waals surface area (Å²) in [5, 5.41) is 4.42. The number of hydrogen-bond donors (Lipinski definition) is 0. The third-order valence-electron chi connectivity index (χ3n) is 4.18. The van der Waals surface area contributed by atoms with E-state index in [2.05, 4.69) is 17.1 Å². The normalized spacial score (nSPS) is 23.1. The van der Waals surface area contributed by atoms with E-state index in [0.717, 1.165) is 28.9 Å². The average Bonchev–Trinajstić information content (AvgIpc) is 3.09. The molecule has 2 aliphatic rings. The molecule has 4 rings (SSSR count). The molecule has 1 aromatic heterocycles. The lowest BCUT2D eigenvalue weighted by Gasteiger charge is -2.27. The van der Waals surface area contributed by atoms with Crippen LogP contribution in [0.3, 0.4) is 0 Å². The molecular weight excluding hydrogens is 267 g/mol. The van der Waals surface area contributed by atoms with E-state index < -0.39 is 5.60 Å². The molecule has 1 saturated heterocycles. The van der Waals surface area contributed by atoms with Gasteiger partial charge in [0.15, 0.2) is 5.60 Å². The van der Waals surface area contributed by atoms with Gasteiger partial charge in [0.05, 0.1) is 24.2 Å². The molecule has 3 nitrogen and oxygen atoms in total. The van der Waals surface area contributed by atoms with Crippen molar-refractivity contribution in [1.82, 2.24) is 9.78 Å². The average molecular weight is 280 g/mol. The maximum absolute atomic E-state index is 13.1. The Morgan fingerprint density at radius 3 is 2.90 bits per heavy atom. The second kappa shape index (κ2) is 4.31. The summed E-state index contributed by atoms with van der Waals surface area (Å²) in [6.45, 7) is 0.657. The molecule has 104 valence electrons. The highest BCUT2D eigenvalue weighted by Crippen LogP contribution is 2.40. The Morgan fingerprint density at radius 1 is 1.33 bits per heavy atom. The molecule has 0 radical (unpaired) electrons. The smallest absolute Gasteiger partial charge is 0.154 e. The summed E-state index contributed by atoms with van der Waals surface area (Å²) >= 11 is 0. The van der Waals surface area contributed by atoms with Crippen molar-refractivity contribution in [3.05, 3.63) is 53.1 Å². The Labute approximate surface area is 122 Å². The van der Waals surface area contributed by atoms with Gasteiger partial charge in [0, 0.05) is 12.0 Å². The molecular formula is C17H13FN2O. The topological polar surface area (TPSA) is 27.1 Å². The van der Waals surface area contributed by atoms with Crippen LogP contribution in [-0.4, -0.2) is 22.0 Å². The van der Waals surface area contributed by atoms with Crippen LogP contribution in [0, 0.1) is 18.2 Å². The van der Waals surface area contributed by atoms with E-state index in [1.54, 1.807) is 12.1 Å². The number of terminal acetylenes is 1. The number of halogens is 1. The van der Waals surface area contributed by atoms with Crippen molar-refractivity contribution < 1.29 is 9.13 Å². The number of benzene rings is 1. The summed E-state index contributed by atoms with van der Waals surface area (Å²) < 4.78 is 20.7. The minimum absolute atomic E-state index is 0.256. The van der Waals surface area contributed by atoms with Crippen LogP contribution in [0.2, 0.25) is 0 Å². The minimum Gasteiger partial charge on any atom is -0.358 e. The Bertz CT molecular complexity index is 782. The quantitative estimate of drug-likeness (QED) is 0.751. The maximum Gasteiger partial charge on any atom is 0.154 e. The number of ether oxygens (including phenoxy) is 1. The molecule has 1 aromatic carbocycles. The molecule has 2 aromatic rings. The van der Waals surface area contributed by atoms with Crippen LogP contribution in [0.15, 0.2) is 36.0 Å². The van der Waals surface area contributed by atoms with Crippen LogP contribution in [0.4, 0.5) is 4.39 Å². The predicted octanol–water partition coefficient (Wildman–Crippen LogP) is 2.74. The summed E-state index contributed by atoms with van der Waals surface area (Å²) in [6.07, 6.45) is 11.1. The number of aromatic nitrogens is 2. The van der Waals surface area contributed by atoms with Crippen molar-refractivity contribution in [2.75, 3.05) is 6.61 Å². The lowest BCUT2D eigenvalue weighted by atomic mass is 9.83. The number of hydrogen-bond acceptors (Lipinski definition) is 2. The second-order valence-electron chi connectivity index (χ2n) is 5.36. The van der Waals surface area contributed by atoms with E-state index in [4.69, 9.17) is 11.2 Å². The van der Waals surface area contributed by atoms with Gasteiger partial charge in [0.25, 0.3) is 0 Å². The second-order valence-corrected chi connectivity index (χ2v) is 5.36. The molecule has 0 amide bonds. The van der Waals surface area contributed by atoms with E-state index >= 15 is 0 Å². The molecule has 0 N–H and O–H groups in total. The first-order valence-corrected chi connectivity index (χ1v) is 6.87. The zero-order valence-electron chi connectivity index (χ0n) is 11.3. The molecule has 4 heteroatoms. The first-order valence-electron chi connectivity index (χ1n) is 6.87. The summed E-state index contributed by atoms with van der Waals surface area (Å²) in [5.41, 5.74) is 3.43. The van der Waals surface area contributed by atoms with E-state index in [9.17, 15) is 4.39 Å². The van der Waals surface area contributed by atoms with Crippen molar-refractivity contribution in [3.63, 3.8) is 0 Å². The molecule has 0 spiro atoms. The Balaban J connectivity index is 1.84. The van der Waals surface area contributed by atoms with E-state index in [-0.39, 0.29) is 5.82 Å². The van der Waals surface area contributed by atoms with Crippen LogP contribution in [0.25, 0.3) is 11.8 Å². The van der Waals surface area contributed by atoms with Gasteiger partial charge in [-0.2, -0.15) is 5.10 Å². The van der Waals surface area contributed by atoms with Gasteiger partial charge in [-0.1, -0.05) is 5.92 Å². The van der Waals surface area contributed by atoms with Crippen molar-refractivity contribution in [1.29, 1.82) is 0 Å². The van der Waals surface area contributed by atoms with Crippen LogP contribution in [0.5, 0.6) is 0 Å². The van der Waals surface area contributed by atoms with Crippen molar-refractivity contribution in [2.24, 2.45) is 0 Å².